The second-order valence-electron chi connectivity index (χ2n) is 28.0. The highest BCUT2D eigenvalue weighted by atomic mass is 16.6. The molecule has 19 atom stereocenters. The predicted octanol–water partition coefficient (Wildman–Crippen LogP) is 3.46. The van der Waals surface area contributed by atoms with E-state index >= 15 is 0 Å². The van der Waals surface area contributed by atoms with Crippen LogP contribution in [-0.4, -0.2) is 173 Å². The van der Waals surface area contributed by atoms with Crippen molar-refractivity contribution in [2.75, 3.05) is 13.2 Å². The van der Waals surface area contributed by atoms with E-state index in [9.17, 15) is 69.3 Å². The molecule has 3 heterocycles. The topological polar surface area (TPSA) is 337 Å². The van der Waals surface area contributed by atoms with Crippen LogP contribution < -0.4 is 26.6 Å². The lowest BCUT2D eigenvalue weighted by Crippen LogP contribution is -2.63. The fourth-order valence-electron chi connectivity index (χ4n) is 16.8. The fraction of sp³-hybridized carbons (Fsp3) is 0.734. The first-order valence-corrected chi connectivity index (χ1v) is 31.3. The summed E-state index contributed by atoms with van der Waals surface area (Å²) in [7, 11) is 0. The molecule has 0 bridgehead atoms. The van der Waals surface area contributed by atoms with Gasteiger partial charge in [0.05, 0.1) is 18.8 Å². The third-order valence-corrected chi connectivity index (χ3v) is 21.8. The van der Waals surface area contributed by atoms with Gasteiger partial charge in [-0.15, -0.1) is 0 Å². The van der Waals surface area contributed by atoms with Crippen molar-refractivity contribution in [2.45, 2.75) is 239 Å². The second kappa shape index (κ2) is 26.2. The van der Waals surface area contributed by atoms with Crippen LogP contribution in [0.1, 0.15) is 165 Å². The molecule has 3 aliphatic heterocycles. The molecule has 7 amide bonds. The average Bonchev–Trinajstić information content (AvgIpc) is 1.26. The maximum absolute atomic E-state index is 14.7. The van der Waals surface area contributed by atoms with E-state index in [1.165, 1.54) is 42.7 Å². The van der Waals surface area contributed by atoms with Gasteiger partial charge in [-0.25, -0.2) is 4.79 Å². The monoisotopic (exact) mass is 1200 g/mol. The Labute approximate surface area is 505 Å². The number of amides is 7. The number of carbonyl (C=O) groups excluding carboxylic acids is 7. The summed E-state index contributed by atoms with van der Waals surface area (Å²) >= 11 is 0. The van der Waals surface area contributed by atoms with Crippen LogP contribution in [0, 0.1) is 45.3 Å². The molecular formula is C64H97N7O15. The van der Waals surface area contributed by atoms with Gasteiger partial charge < -0.3 is 76.9 Å². The van der Waals surface area contributed by atoms with Crippen molar-refractivity contribution in [3.05, 3.63) is 52.6 Å². The molecule has 4 aliphatic carbocycles. The molecule has 22 heteroatoms. The number of aromatic hydroxyl groups is 1. The maximum Gasteiger partial charge on any atom is 0.408 e. The summed E-state index contributed by atoms with van der Waals surface area (Å²) in [6.45, 7) is 20.3. The van der Waals surface area contributed by atoms with Crippen molar-refractivity contribution in [3.8, 4) is 5.75 Å². The van der Waals surface area contributed by atoms with Crippen molar-refractivity contribution in [3.63, 3.8) is 0 Å². The number of fused-ring (bicyclic) bond motifs is 6. The summed E-state index contributed by atoms with van der Waals surface area (Å²) in [5.74, 6) is -5.51. The molecule has 5 fully saturated rings. The van der Waals surface area contributed by atoms with Gasteiger partial charge in [0.25, 0.3) is 5.91 Å². The third-order valence-electron chi connectivity index (χ3n) is 21.8. The van der Waals surface area contributed by atoms with Gasteiger partial charge in [0, 0.05) is 24.8 Å². The molecule has 0 aromatic heterocycles. The zero-order valence-corrected chi connectivity index (χ0v) is 51.9. The highest BCUT2D eigenvalue weighted by Crippen LogP contribution is 2.72. The van der Waals surface area contributed by atoms with Crippen LogP contribution in [0.5, 0.6) is 5.75 Å². The number of alkyl carbamates (subject to hydrolysis) is 1. The molecule has 1 aromatic rings. The lowest BCUT2D eigenvalue weighted by atomic mass is 9.43. The molecule has 12 unspecified atom stereocenters. The summed E-state index contributed by atoms with van der Waals surface area (Å²) in [5, 5.41) is 89.8. The summed E-state index contributed by atoms with van der Waals surface area (Å²) in [6.07, 6.45) is -0.270. The number of phenols is 1. The number of phenolic OH excluding ortho intramolecular Hbond substituents is 1. The van der Waals surface area contributed by atoms with Crippen LogP contribution in [0.2, 0.25) is 0 Å². The molecular weight excluding hydrogens is 1110 g/mol. The SMILES string of the molecule is CC(C)=CCC[C@@H](C)[C@H]1CC[C@@]2(C)C3=C(CC[C@]12C)[C@@]1(C)CCC(OC(=O)NC2C[C@H](O)[C@H](O)NC(=O)C4CC(C)CN4C(=O)C(CO)NC(=O)C(C(O)Cc4ccc(O)cc4)NC(=O)C4CCC(O)N4C(=O)C(C(C)O)NC2=O)C(C)(C)C1CC3. The number of allylic oxidation sites excluding steroid dienone is 4. The molecule has 8 rings (SSSR count). The molecule has 22 nitrogen and oxygen atoms in total. The van der Waals surface area contributed by atoms with Crippen molar-refractivity contribution in [1.82, 2.24) is 36.4 Å². The highest BCUT2D eigenvalue weighted by Gasteiger charge is 2.64. The van der Waals surface area contributed by atoms with Crippen LogP contribution in [0.4, 0.5) is 4.79 Å². The number of benzene rings is 1. The summed E-state index contributed by atoms with van der Waals surface area (Å²) in [4.78, 5) is 102. The van der Waals surface area contributed by atoms with Crippen LogP contribution >= 0.6 is 0 Å². The van der Waals surface area contributed by atoms with Gasteiger partial charge in [0.15, 0.2) is 6.23 Å². The number of aliphatic hydroxyl groups excluding tert-OH is 6. The van der Waals surface area contributed by atoms with Crippen molar-refractivity contribution >= 4 is 41.5 Å². The number of aliphatic hydroxyl groups is 6. The van der Waals surface area contributed by atoms with E-state index in [2.05, 4.69) is 88.0 Å². The Balaban J connectivity index is 1.05. The lowest BCUT2D eigenvalue weighted by molar-refractivity contribution is -0.152. The fourth-order valence-corrected chi connectivity index (χ4v) is 16.8. The number of nitrogens with one attached hydrogen (secondary N) is 5. The smallest absolute Gasteiger partial charge is 0.408 e. The molecule has 3 saturated heterocycles. The molecule has 478 valence electrons. The minimum Gasteiger partial charge on any atom is -0.508 e. The standard InChI is InChI=1S/C64H97N7O15/c1-33(2)12-11-13-35(4)39-22-26-64(10)41-18-20-48-61(6,7)49(24-25-62(48,8)40(41)23-27-63(39,64)9)86-60(85)66-42-30-47(76)56(81)69-55(80)45-28-34(3)31-70(45)58(83)43(32-72)65-57(82)52(46(75)29-37-14-16-38(74)17-15-37)68-54(79)44-19-21-50(77)71(44)59(84)51(36(5)73)67-53(42)78/h12,14-17,34-36,39,42-52,56,72-77,81H,11,13,18-32H2,1-10H3,(H,65,82)(H,66,85)(H,67,78)(H,68,79)(H,69,80)/t34?,35-,36?,39-,42?,43?,44?,45?,46?,47+,48?,49?,50?,51?,52?,56+,62-,63-,64+/m1/s1. The first-order chi connectivity index (χ1) is 40.4. The average molecular weight is 1200 g/mol. The van der Waals surface area contributed by atoms with Gasteiger partial charge in [-0.05, 0) is 162 Å². The van der Waals surface area contributed by atoms with Gasteiger partial charge in [-0.1, -0.05) is 83.4 Å². The number of hydrogen-bond acceptors (Lipinski definition) is 15. The first kappa shape index (κ1) is 66.3. The predicted molar refractivity (Wildman–Crippen MR) is 316 cm³/mol. The molecule has 0 radical (unpaired) electrons. The Morgan fingerprint density at radius 3 is 2.12 bits per heavy atom. The summed E-state index contributed by atoms with van der Waals surface area (Å²) in [6, 6.07) is -4.73. The van der Waals surface area contributed by atoms with Crippen LogP contribution in [0.3, 0.4) is 0 Å². The molecule has 86 heavy (non-hydrogen) atoms. The number of rotatable bonds is 11. The quantitative estimate of drug-likeness (QED) is 0.141. The van der Waals surface area contributed by atoms with Gasteiger partial charge in [-0.3, -0.25) is 28.8 Å². The number of ether oxygens (including phenoxy) is 1. The lowest BCUT2D eigenvalue weighted by Gasteiger charge is -2.62. The molecule has 7 aliphatic rings. The zero-order chi connectivity index (χ0) is 63.1. The Bertz CT molecular complexity index is 2770. The number of nitrogens with zero attached hydrogens (tertiary/aromatic N) is 2. The largest absolute Gasteiger partial charge is 0.508 e. The van der Waals surface area contributed by atoms with Gasteiger partial charge in [0.2, 0.25) is 29.5 Å². The van der Waals surface area contributed by atoms with Gasteiger partial charge >= 0.3 is 6.09 Å². The zero-order valence-electron chi connectivity index (χ0n) is 51.9. The van der Waals surface area contributed by atoms with Crippen molar-refractivity contribution in [2.24, 2.45) is 45.3 Å². The molecule has 2 saturated carbocycles. The number of hydrogen-bond donors (Lipinski definition) is 12. The highest BCUT2D eigenvalue weighted by molar-refractivity contribution is 5.98. The molecule has 0 spiro atoms. The van der Waals surface area contributed by atoms with E-state index in [0.717, 1.165) is 56.8 Å². The Kier molecular flexibility index (Phi) is 20.2. The van der Waals surface area contributed by atoms with E-state index in [4.69, 9.17) is 4.74 Å². The number of carbonyl (C=O) groups is 7. The Morgan fingerprint density at radius 1 is 0.779 bits per heavy atom. The Morgan fingerprint density at radius 2 is 1.45 bits per heavy atom. The molecule has 1 aromatic carbocycles. The van der Waals surface area contributed by atoms with E-state index in [-0.39, 0.29) is 66.1 Å². The van der Waals surface area contributed by atoms with Crippen LogP contribution in [0.15, 0.2) is 47.1 Å². The second-order valence-corrected chi connectivity index (χ2v) is 28.0. The van der Waals surface area contributed by atoms with E-state index in [1.807, 2.05) is 0 Å². The van der Waals surface area contributed by atoms with Crippen molar-refractivity contribution in [1.29, 1.82) is 0 Å². The first-order valence-electron chi connectivity index (χ1n) is 31.3. The van der Waals surface area contributed by atoms with Crippen molar-refractivity contribution < 1.29 is 74.0 Å². The Hall–Kier alpha value is -5.65. The molecule has 12 N–H and O–H groups in total. The summed E-state index contributed by atoms with van der Waals surface area (Å²) < 4.78 is 6.31. The maximum atomic E-state index is 14.7. The van der Waals surface area contributed by atoms with E-state index in [0.29, 0.717) is 28.7 Å². The van der Waals surface area contributed by atoms with Crippen LogP contribution in [-0.2, 0) is 39.9 Å². The third kappa shape index (κ3) is 13.1. The van der Waals surface area contributed by atoms with Gasteiger partial charge in [0.1, 0.15) is 60.4 Å². The van der Waals surface area contributed by atoms with E-state index in [1.54, 1.807) is 18.1 Å². The van der Waals surface area contributed by atoms with Crippen LogP contribution in [0.25, 0.3) is 0 Å². The van der Waals surface area contributed by atoms with Gasteiger partial charge in [-0.2, -0.15) is 0 Å². The van der Waals surface area contributed by atoms with E-state index < -0.39 is 133 Å². The normalized spacial score (nSPS) is 37.4. The minimum absolute atomic E-state index is 0.0413. The summed E-state index contributed by atoms with van der Waals surface area (Å²) in [5.41, 5.74) is 4.47. The minimum atomic E-state index is -2.14.